The molecule has 1 aliphatic rings. The average molecular weight is 486 g/mol. The molecule has 0 radical (unpaired) electrons. The lowest BCUT2D eigenvalue weighted by molar-refractivity contribution is -0.124. The Bertz CT molecular complexity index is 1180. The smallest absolute Gasteiger partial charge is 0.243 e. The molecule has 4 rings (SSSR count). The highest BCUT2D eigenvalue weighted by Crippen LogP contribution is 2.27. The van der Waals surface area contributed by atoms with Crippen LogP contribution in [0.3, 0.4) is 0 Å². The number of carbonyl (C=O) groups is 1. The predicted octanol–water partition coefficient (Wildman–Crippen LogP) is 3.72. The van der Waals surface area contributed by atoms with E-state index in [4.69, 9.17) is 4.74 Å². The summed E-state index contributed by atoms with van der Waals surface area (Å²) in [5, 5.41) is 5.84. The summed E-state index contributed by atoms with van der Waals surface area (Å²) in [6, 6.07) is 15.6. The maximum atomic E-state index is 13.1. The van der Waals surface area contributed by atoms with Gasteiger partial charge >= 0.3 is 0 Å². The van der Waals surface area contributed by atoms with Crippen LogP contribution in [0.5, 0.6) is 5.75 Å². The standard InChI is InChI=1S/C24H27N3O4S2/c1-2-31-20-10-12-21(13-11-20)33(29,30)27-16-6-9-22(27)23(28)25-15-14-19-17-32-24(26-19)18-7-4-3-5-8-18/h3-5,7-8,10-13,17,22H,2,6,9,14-16H2,1H3,(H,25,28)/t22-/m1/s1. The van der Waals surface area contributed by atoms with Gasteiger partial charge < -0.3 is 10.1 Å². The number of amides is 1. The Morgan fingerprint density at radius 2 is 1.94 bits per heavy atom. The summed E-state index contributed by atoms with van der Waals surface area (Å²) in [4.78, 5) is 17.6. The van der Waals surface area contributed by atoms with E-state index in [2.05, 4.69) is 10.3 Å². The molecule has 1 amide bonds. The average Bonchev–Trinajstić information content (AvgIpc) is 3.51. The lowest BCUT2D eigenvalue weighted by Gasteiger charge is -2.23. The summed E-state index contributed by atoms with van der Waals surface area (Å²) in [7, 11) is -3.76. The summed E-state index contributed by atoms with van der Waals surface area (Å²) in [5.74, 6) is 0.352. The Morgan fingerprint density at radius 3 is 2.67 bits per heavy atom. The Labute approximate surface area is 198 Å². The van der Waals surface area contributed by atoms with Gasteiger partial charge in [-0.3, -0.25) is 4.79 Å². The molecular weight excluding hydrogens is 458 g/mol. The van der Waals surface area contributed by atoms with Crippen molar-refractivity contribution in [2.24, 2.45) is 0 Å². The minimum atomic E-state index is -3.76. The summed E-state index contributed by atoms with van der Waals surface area (Å²) >= 11 is 1.57. The zero-order valence-corrected chi connectivity index (χ0v) is 20.1. The first-order valence-electron chi connectivity index (χ1n) is 11.0. The molecule has 0 unspecified atom stereocenters. The van der Waals surface area contributed by atoms with Crippen LogP contribution < -0.4 is 10.1 Å². The topological polar surface area (TPSA) is 88.6 Å². The van der Waals surface area contributed by atoms with Gasteiger partial charge in [0.05, 0.1) is 17.2 Å². The molecule has 7 nitrogen and oxygen atoms in total. The molecule has 2 aromatic carbocycles. The van der Waals surface area contributed by atoms with Crippen LogP contribution in [0.15, 0.2) is 64.9 Å². The fourth-order valence-corrected chi connectivity index (χ4v) is 6.38. The van der Waals surface area contributed by atoms with E-state index < -0.39 is 16.1 Å². The van der Waals surface area contributed by atoms with Crippen LogP contribution in [0, 0.1) is 0 Å². The number of nitrogens with zero attached hydrogens (tertiary/aromatic N) is 2. The maximum absolute atomic E-state index is 13.1. The Hall–Kier alpha value is -2.75. The van der Waals surface area contributed by atoms with E-state index in [1.807, 2.05) is 42.6 Å². The molecule has 1 aliphatic heterocycles. The SMILES string of the molecule is CCOc1ccc(S(=O)(=O)N2CCC[C@@H]2C(=O)NCCc2csc(-c3ccccc3)n2)cc1. The second kappa shape index (κ2) is 10.5. The van der Waals surface area contributed by atoms with Gasteiger partial charge in [-0.25, -0.2) is 13.4 Å². The molecule has 0 aliphatic carbocycles. The normalized spacial score (nSPS) is 16.6. The molecular formula is C24H27N3O4S2. The highest BCUT2D eigenvalue weighted by Gasteiger charge is 2.39. The monoisotopic (exact) mass is 485 g/mol. The van der Waals surface area contributed by atoms with Gasteiger partial charge in [0.25, 0.3) is 0 Å². The van der Waals surface area contributed by atoms with Gasteiger partial charge in [0.15, 0.2) is 0 Å². The van der Waals surface area contributed by atoms with E-state index >= 15 is 0 Å². The van der Waals surface area contributed by atoms with Crippen LogP contribution in [0.25, 0.3) is 10.6 Å². The summed E-state index contributed by atoms with van der Waals surface area (Å²) < 4.78 is 33.0. The maximum Gasteiger partial charge on any atom is 0.243 e. The fourth-order valence-electron chi connectivity index (χ4n) is 3.87. The number of sulfonamides is 1. The lowest BCUT2D eigenvalue weighted by atomic mass is 10.2. The number of nitrogens with one attached hydrogen (secondary N) is 1. The zero-order chi connectivity index (χ0) is 23.3. The minimum absolute atomic E-state index is 0.168. The van der Waals surface area contributed by atoms with Crippen molar-refractivity contribution in [1.82, 2.24) is 14.6 Å². The van der Waals surface area contributed by atoms with Crippen LogP contribution >= 0.6 is 11.3 Å². The second-order valence-corrected chi connectivity index (χ2v) is 10.5. The first-order valence-corrected chi connectivity index (χ1v) is 13.3. The molecule has 1 N–H and O–H groups in total. The Morgan fingerprint density at radius 1 is 1.18 bits per heavy atom. The van der Waals surface area contributed by atoms with Gasteiger partial charge in [-0.05, 0) is 44.0 Å². The zero-order valence-electron chi connectivity index (χ0n) is 18.4. The number of carbonyl (C=O) groups excluding carboxylic acids is 1. The van der Waals surface area contributed by atoms with Crippen molar-refractivity contribution in [2.75, 3.05) is 19.7 Å². The molecule has 33 heavy (non-hydrogen) atoms. The largest absolute Gasteiger partial charge is 0.494 e. The van der Waals surface area contributed by atoms with Gasteiger partial charge in [-0.15, -0.1) is 11.3 Å². The number of hydrogen-bond donors (Lipinski definition) is 1. The van der Waals surface area contributed by atoms with Gasteiger partial charge in [0.1, 0.15) is 16.8 Å². The molecule has 0 saturated carbocycles. The van der Waals surface area contributed by atoms with Crippen LogP contribution in [0.2, 0.25) is 0 Å². The highest BCUT2D eigenvalue weighted by atomic mass is 32.2. The number of hydrogen-bond acceptors (Lipinski definition) is 6. The molecule has 174 valence electrons. The third-order valence-electron chi connectivity index (χ3n) is 5.50. The summed E-state index contributed by atoms with van der Waals surface area (Å²) in [5.41, 5.74) is 1.98. The molecule has 0 spiro atoms. The molecule has 1 saturated heterocycles. The van der Waals surface area contributed by atoms with Crippen LogP contribution in [0.4, 0.5) is 0 Å². The first kappa shape index (κ1) is 23.4. The fraction of sp³-hybridized carbons (Fsp3) is 0.333. The molecule has 1 aromatic heterocycles. The van der Waals surface area contributed by atoms with Crippen molar-refractivity contribution in [3.63, 3.8) is 0 Å². The minimum Gasteiger partial charge on any atom is -0.494 e. The van der Waals surface area contributed by atoms with E-state index in [0.29, 0.717) is 44.7 Å². The van der Waals surface area contributed by atoms with Crippen LogP contribution in [-0.4, -0.2) is 49.4 Å². The van der Waals surface area contributed by atoms with Gasteiger partial charge in [-0.1, -0.05) is 30.3 Å². The quantitative estimate of drug-likeness (QED) is 0.499. The number of benzene rings is 2. The van der Waals surface area contributed by atoms with Crippen molar-refractivity contribution in [2.45, 2.75) is 37.1 Å². The summed E-state index contributed by atoms with van der Waals surface area (Å²) in [6.07, 6.45) is 1.76. The van der Waals surface area contributed by atoms with Crippen molar-refractivity contribution in [1.29, 1.82) is 0 Å². The third kappa shape index (κ3) is 5.43. The lowest BCUT2D eigenvalue weighted by Crippen LogP contribution is -2.46. The van der Waals surface area contributed by atoms with Crippen molar-refractivity contribution in [3.8, 4) is 16.3 Å². The molecule has 9 heteroatoms. The van der Waals surface area contributed by atoms with Crippen molar-refractivity contribution in [3.05, 3.63) is 65.7 Å². The third-order valence-corrected chi connectivity index (χ3v) is 8.36. The van der Waals surface area contributed by atoms with Gasteiger partial charge in [0.2, 0.25) is 15.9 Å². The second-order valence-electron chi connectivity index (χ2n) is 7.73. The number of ether oxygens (including phenoxy) is 1. The van der Waals surface area contributed by atoms with Crippen molar-refractivity contribution >= 4 is 27.3 Å². The molecule has 1 fully saturated rings. The van der Waals surface area contributed by atoms with E-state index in [1.165, 1.54) is 16.4 Å². The van der Waals surface area contributed by atoms with E-state index in [9.17, 15) is 13.2 Å². The molecule has 0 bridgehead atoms. The Balaban J connectivity index is 1.35. The summed E-state index contributed by atoms with van der Waals surface area (Å²) in [6.45, 7) is 3.12. The molecule has 2 heterocycles. The molecule has 1 atom stereocenters. The predicted molar refractivity (Wildman–Crippen MR) is 129 cm³/mol. The van der Waals surface area contributed by atoms with E-state index in [-0.39, 0.29) is 10.8 Å². The number of rotatable bonds is 9. The van der Waals surface area contributed by atoms with Crippen LogP contribution in [-0.2, 0) is 21.2 Å². The van der Waals surface area contributed by atoms with Crippen molar-refractivity contribution < 1.29 is 17.9 Å². The highest BCUT2D eigenvalue weighted by molar-refractivity contribution is 7.89. The first-order chi connectivity index (χ1) is 16.0. The van der Waals surface area contributed by atoms with E-state index in [0.717, 1.165) is 16.3 Å². The van der Waals surface area contributed by atoms with E-state index in [1.54, 1.807) is 23.5 Å². The van der Waals surface area contributed by atoms with Crippen LogP contribution in [0.1, 0.15) is 25.5 Å². The Kier molecular flexibility index (Phi) is 7.42. The number of aromatic nitrogens is 1. The van der Waals surface area contributed by atoms with Gasteiger partial charge in [-0.2, -0.15) is 4.31 Å². The molecule has 3 aromatic rings. The number of thiazole rings is 1. The van der Waals surface area contributed by atoms with Gasteiger partial charge in [0, 0.05) is 30.5 Å².